The largest absolute Gasteiger partial charge is 0.370 e. The maximum absolute atomic E-state index is 5.76. The number of hydrogen-bond acceptors (Lipinski definition) is 6. The van der Waals surface area contributed by atoms with Gasteiger partial charge in [-0.05, 0) is 32.2 Å². The molecule has 0 aromatic heterocycles. The van der Waals surface area contributed by atoms with Gasteiger partial charge in [0, 0.05) is 34.4 Å². The van der Waals surface area contributed by atoms with Gasteiger partial charge < -0.3 is 30.0 Å². The third kappa shape index (κ3) is 3.65. The minimum atomic E-state index is -1.10. The molecular formula is C13H28N2O4. The molecule has 6 heteroatoms. The molecule has 3 N–H and O–H groups in total. The van der Waals surface area contributed by atoms with Gasteiger partial charge in [-0.15, -0.1) is 0 Å². The maximum Gasteiger partial charge on any atom is 0.313 e. The van der Waals surface area contributed by atoms with Crippen molar-refractivity contribution in [1.82, 2.24) is 5.32 Å². The average molecular weight is 276 g/mol. The molecule has 1 heterocycles. The van der Waals surface area contributed by atoms with Crippen LogP contribution in [0.2, 0.25) is 0 Å². The van der Waals surface area contributed by atoms with Gasteiger partial charge in [-0.3, -0.25) is 0 Å². The molecule has 19 heavy (non-hydrogen) atoms. The first-order chi connectivity index (χ1) is 9.20. The average Bonchev–Trinajstić information content (AvgIpc) is 2.47. The summed E-state index contributed by atoms with van der Waals surface area (Å²) in [5.74, 6) is -1.10. The van der Waals surface area contributed by atoms with Gasteiger partial charge in [0.15, 0.2) is 0 Å². The van der Waals surface area contributed by atoms with E-state index in [4.69, 9.17) is 24.7 Å². The molecule has 0 aromatic carbocycles. The first-order valence-electron chi connectivity index (χ1n) is 6.90. The standard InChI is InChI=1S/C13H28N2O4/c1-16-12(6-4-9-15-10-8-14)7-5-11-19-13(12,17-2)18-3/h15H,4-11,14H2,1-3H3. The molecule has 0 spiro atoms. The van der Waals surface area contributed by atoms with Crippen LogP contribution in [0.25, 0.3) is 0 Å². The molecule has 114 valence electrons. The van der Waals surface area contributed by atoms with Crippen molar-refractivity contribution in [1.29, 1.82) is 0 Å². The van der Waals surface area contributed by atoms with Crippen LogP contribution in [0.1, 0.15) is 25.7 Å². The van der Waals surface area contributed by atoms with Crippen molar-refractivity contribution in [2.45, 2.75) is 37.3 Å². The zero-order valence-corrected chi connectivity index (χ0v) is 12.4. The highest BCUT2D eigenvalue weighted by Crippen LogP contribution is 2.42. The van der Waals surface area contributed by atoms with Gasteiger partial charge in [-0.25, -0.2) is 0 Å². The maximum atomic E-state index is 5.76. The van der Waals surface area contributed by atoms with Crippen LogP contribution in [0, 0.1) is 0 Å². The van der Waals surface area contributed by atoms with Crippen molar-refractivity contribution >= 4 is 0 Å². The molecule has 0 aliphatic carbocycles. The first-order valence-corrected chi connectivity index (χ1v) is 6.90. The molecule has 0 radical (unpaired) electrons. The molecular weight excluding hydrogens is 248 g/mol. The second-order valence-corrected chi connectivity index (χ2v) is 4.76. The summed E-state index contributed by atoms with van der Waals surface area (Å²) in [5, 5.41) is 3.28. The van der Waals surface area contributed by atoms with Gasteiger partial charge >= 0.3 is 5.97 Å². The van der Waals surface area contributed by atoms with E-state index in [9.17, 15) is 0 Å². The molecule has 1 aliphatic heterocycles. The van der Waals surface area contributed by atoms with E-state index in [2.05, 4.69) is 5.32 Å². The zero-order chi connectivity index (χ0) is 14.2. The Morgan fingerprint density at radius 3 is 2.47 bits per heavy atom. The number of hydrogen-bond donors (Lipinski definition) is 2. The SMILES string of the molecule is COC1(CCCNCCN)CCCOC1(OC)OC. The molecule has 1 aliphatic rings. The number of methoxy groups -OCH3 is 3. The number of ether oxygens (including phenoxy) is 4. The Hall–Kier alpha value is -0.240. The first kappa shape index (κ1) is 16.8. The van der Waals surface area contributed by atoms with Crippen molar-refractivity contribution in [3.05, 3.63) is 0 Å². The summed E-state index contributed by atoms with van der Waals surface area (Å²) < 4.78 is 22.5. The number of rotatable bonds is 9. The molecule has 1 unspecified atom stereocenters. The van der Waals surface area contributed by atoms with E-state index < -0.39 is 11.6 Å². The van der Waals surface area contributed by atoms with Gasteiger partial charge in [0.25, 0.3) is 0 Å². The Labute approximate surface area is 115 Å². The van der Waals surface area contributed by atoms with E-state index in [-0.39, 0.29) is 0 Å². The molecule has 0 aromatic rings. The van der Waals surface area contributed by atoms with Crippen LogP contribution < -0.4 is 11.1 Å². The van der Waals surface area contributed by atoms with E-state index in [1.807, 2.05) is 0 Å². The monoisotopic (exact) mass is 276 g/mol. The summed E-state index contributed by atoms with van der Waals surface area (Å²) in [6.07, 6.45) is 3.56. The quantitative estimate of drug-likeness (QED) is 0.471. The summed E-state index contributed by atoms with van der Waals surface area (Å²) in [6, 6.07) is 0. The van der Waals surface area contributed by atoms with Crippen molar-refractivity contribution in [2.75, 3.05) is 47.6 Å². The van der Waals surface area contributed by atoms with Crippen molar-refractivity contribution in [2.24, 2.45) is 5.73 Å². The Morgan fingerprint density at radius 1 is 1.16 bits per heavy atom. The van der Waals surface area contributed by atoms with E-state index in [1.54, 1.807) is 21.3 Å². The summed E-state index contributed by atoms with van der Waals surface area (Å²) in [4.78, 5) is 0. The van der Waals surface area contributed by atoms with Crippen LogP contribution in [0.15, 0.2) is 0 Å². The molecule has 1 rings (SSSR count). The molecule has 0 amide bonds. The van der Waals surface area contributed by atoms with E-state index in [0.29, 0.717) is 13.2 Å². The Kier molecular flexibility index (Phi) is 7.20. The van der Waals surface area contributed by atoms with Gasteiger partial charge in [-0.1, -0.05) is 0 Å². The second-order valence-electron chi connectivity index (χ2n) is 4.76. The van der Waals surface area contributed by atoms with Gasteiger partial charge in [0.2, 0.25) is 0 Å². The molecule has 1 atom stereocenters. The lowest BCUT2D eigenvalue weighted by Gasteiger charge is -2.49. The Balaban J connectivity index is 2.63. The Bertz CT molecular complexity index is 249. The lowest BCUT2D eigenvalue weighted by molar-refractivity contribution is -0.445. The van der Waals surface area contributed by atoms with Gasteiger partial charge in [0.05, 0.1) is 6.61 Å². The third-order valence-electron chi connectivity index (χ3n) is 3.76. The van der Waals surface area contributed by atoms with E-state index >= 15 is 0 Å². The molecule has 0 bridgehead atoms. The van der Waals surface area contributed by atoms with Crippen molar-refractivity contribution in [3.63, 3.8) is 0 Å². The second kappa shape index (κ2) is 8.14. The van der Waals surface area contributed by atoms with Crippen molar-refractivity contribution in [3.8, 4) is 0 Å². The summed E-state index contributed by atoms with van der Waals surface area (Å²) in [7, 11) is 4.87. The molecule has 0 saturated carbocycles. The minimum absolute atomic E-state index is 0.556. The highest BCUT2D eigenvalue weighted by atomic mass is 16.9. The fraction of sp³-hybridized carbons (Fsp3) is 1.00. The zero-order valence-electron chi connectivity index (χ0n) is 12.4. The predicted molar refractivity (Wildman–Crippen MR) is 72.8 cm³/mol. The van der Waals surface area contributed by atoms with Gasteiger partial charge in [-0.2, -0.15) is 0 Å². The smallest absolute Gasteiger partial charge is 0.313 e. The fourth-order valence-electron chi connectivity index (χ4n) is 2.76. The highest BCUT2D eigenvalue weighted by molar-refractivity contribution is 4.93. The summed E-state index contributed by atoms with van der Waals surface area (Å²) in [6.45, 7) is 3.00. The van der Waals surface area contributed by atoms with Crippen LogP contribution in [-0.2, 0) is 18.9 Å². The van der Waals surface area contributed by atoms with E-state index in [0.717, 1.165) is 38.8 Å². The van der Waals surface area contributed by atoms with E-state index in [1.165, 1.54) is 0 Å². The van der Waals surface area contributed by atoms with Crippen molar-refractivity contribution < 1.29 is 18.9 Å². The van der Waals surface area contributed by atoms with Crippen LogP contribution in [-0.4, -0.2) is 59.1 Å². The molecule has 1 saturated heterocycles. The summed E-state index contributed by atoms with van der Waals surface area (Å²) in [5.41, 5.74) is 4.89. The van der Waals surface area contributed by atoms with Crippen LogP contribution in [0.4, 0.5) is 0 Å². The Morgan fingerprint density at radius 2 is 1.89 bits per heavy atom. The van der Waals surface area contributed by atoms with Gasteiger partial charge in [0.1, 0.15) is 5.60 Å². The normalized spacial score (nSPS) is 26.5. The van der Waals surface area contributed by atoms with Crippen LogP contribution in [0.5, 0.6) is 0 Å². The lowest BCUT2D eigenvalue weighted by atomic mass is 9.87. The molecule has 1 fully saturated rings. The van der Waals surface area contributed by atoms with Crippen LogP contribution >= 0.6 is 0 Å². The fourth-order valence-corrected chi connectivity index (χ4v) is 2.76. The topological polar surface area (TPSA) is 75.0 Å². The summed E-state index contributed by atoms with van der Waals surface area (Å²) >= 11 is 0. The van der Waals surface area contributed by atoms with Crippen LogP contribution in [0.3, 0.4) is 0 Å². The predicted octanol–water partition coefficient (Wildman–Crippen LogP) is 0.457. The molecule has 6 nitrogen and oxygen atoms in total. The third-order valence-corrected chi connectivity index (χ3v) is 3.76. The number of nitrogens with one attached hydrogen (secondary N) is 1. The minimum Gasteiger partial charge on any atom is -0.370 e. The number of nitrogens with two attached hydrogens (primary N) is 1. The lowest BCUT2D eigenvalue weighted by Crippen LogP contribution is -2.62. The highest BCUT2D eigenvalue weighted by Gasteiger charge is 2.56.